The number of aromatic nitrogens is 1. The maximum absolute atomic E-state index is 10.1. The molecule has 106 valence electrons. The molecule has 0 aliphatic heterocycles. The van der Waals surface area contributed by atoms with Gasteiger partial charge in [-0.05, 0) is 31.0 Å². The molecule has 1 saturated carbocycles. The van der Waals surface area contributed by atoms with Crippen molar-refractivity contribution < 1.29 is 9.84 Å². The van der Waals surface area contributed by atoms with E-state index in [0.717, 1.165) is 18.6 Å². The number of pyridine rings is 1. The zero-order valence-corrected chi connectivity index (χ0v) is 12.0. The highest BCUT2D eigenvalue weighted by Gasteiger charge is 2.48. The molecule has 19 heavy (non-hydrogen) atoms. The Morgan fingerprint density at radius 2 is 2.16 bits per heavy atom. The normalized spacial score (nSPS) is 26.7. The molecule has 0 saturated heterocycles. The summed E-state index contributed by atoms with van der Waals surface area (Å²) in [6, 6.07) is 4.10. The van der Waals surface area contributed by atoms with Crippen LogP contribution in [0.3, 0.4) is 0 Å². The summed E-state index contributed by atoms with van der Waals surface area (Å²) in [5, 5.41) is 13.6. The van der Waals surface area contributed by atoms with E-state index >= 15 is 0 Å². The molecule has 1 aromatic rings. The first-order valence-electron chi connectivity index (χ1n) is 6.98. The first-order valence-corrected chi connectivity index (χ1v) is 6.98. The Morgan fingerprint density at radius 1 is 1.47 bits per heavy atom. The second kappa shape index (κ2) is 5.99. The highest BCUT2D eigenvalue weighted by atomic mass is 16.5. The van der Waals surface area contributed by atoms with Crippen molar-refractivity contribution in [2.75, 3.05) is 13.2 Å². The quantitative estimate of drug-likeness (QED) is 0.824. The second-order valence-corrected chi connectivity index (χ2v) is 5.76. The minimum absolute atomic E-state index is 0.133. The van der Waals surface area contributed by atoms with E-state index in [1.54, 1.807) is 12.4 Å². The fraction of sp³-hybridized carbons (Fsp3) is 0.667. The lowest BCUT2D eigenvalue weighted by atomic mass is 9.64. The molecule has 4 heteroatoms. The number of hydrogen-bond donors (Lipinski definition) is 2. The van der Waals surface area contributed by atoms with Crippen LogP contribution in [0.1, 0.15) is 38.9 Å². The Bertz CT molecular complexity index is 394. The third-order valence-electron chi connectivity index (χ3n) is 4.19. The van der Waals surface area contributed by atoms with Crippen LogP contribution in [0.25, 0.3) is 0 Å². The average molecular weight is 264 g/mol. The van der Waals surface area contributed by atoms with Gasteiger partial charge in [-0.2, -0.15) is 0 Å². The van der Waals surface area contributed by atoms with Crippen molar-refractivity contribution in [1.82, 2.24) is 10.3 Å². The van der Waals surface area contributed by atoms with E-state index in [0.29, 0.717) is 18.7 Å². The van der Waals surface area contributed by atoms with E-state index in [2.05, 4.69) is 24.1 Å². The summed E-state index contributed by atoms with van der Waals surface area (Å²) in [5.41, 5.74) is 1.04. The molecule has 1 aliphatic rings. The fourth-order valence-electron chi connectivity index (χ4n) is 2.67. The lowest BCUT2D eigenvalue weighted by Crippen LogP contribution is -2.61. The zero-order valence-electron chi connectivity index (χ0n) is 12.0. The number of aliphatic hydroxyl groups excluding tert-OH is 1. The molecule has 3 atom stereocenters. The van der Waals surface area contributed by atoms with E-state index in [-0.39, 0.29) is 5.41 Å². The van der Waals surface area contributed by atoms with Gasteiger partial charge in [0.2, 0.25) is 0 Å². The fourth-order valence-corrected chi connectivity index (χ4v) is 2.67. The van der Waals surface area contributed by atoms with Gasteiger partial charge in [-0.25, -0.2) is 0 Å². The number of nitrogens with zero attached hydrogens (tertiary/aromatic N) is 1. The van der Waals surface area contributed by atoms with Gasteiger partial charge < -0.3 is 15.2 Å². The third-order valence-corrected chi connectivity index (χ3v) is 4.19. The molecule has 0 bridgehead atoms. The number of rotatable bonds is 6. The molecule has 0 amide bonds. The summed E-state index contributed by atoms with van der Waals surface area (Å²) in [5.74, 6) is 0. The van der Waals surface area contributed by atoms with Crippen LogP contribution in [-0.4, -0.2) is 35.4 Å². The second-order valence-electron chi connectivity index (χ2n) is 5.76. The topological polar surface area (TPSA) is 54.4 Å². The molecule has 1 fully saturated rings. The van der Waals surface area contributed by atoms with Gasteiger partial charge in [-0.3, -0.25) is 4.98 Å². The minimum Gasteiger partial charge on any atom is -0.387 e. The number of aliphatic hydroxyl groups is 1. The van der Waals surface area contributed by atoms with Crippen LogP contribution >= 0.6 is 0 Å². The van der Waals surface area contributed by atoms with E-state index in [1.807, 2.05) is 19.1 Å². The Balaban J connectivity index is 1.81. The zero-order chi connectivity index (χ0) is 13.9. The van der Waals surface area contributed by atoms with Crippen molar-refractivity contribution in [3.63, 3.8) is 0 Å². The first-order chi connectivity index (χ1) is 9.05. The van der Waals surface area contributed by atoms with Crippen LogP contribution in [-0.2, 0) is 4.74 Å². The van der Waals surface area contributed by atoms with E-state index in [4.69, 9.17) is 4.74 Å². The predicted molar refractivity (Wildman–Crippen MR) is 74.8 cm³/mol. The molecule has 2 rings (SSSR count). The predicted octanol–water partition coefficient (Wildman–Crippen LogP) is 1.91. The lowest BCUT2D eigenvalue weighted by Gasteiger charge is -2.52. The summed E-state index contributed by atoms with van der Waals surface area (Å²) in [4.78, 5) is 3.96. The van der Waals surface area contributed by atoms with Crippen molar-refractivity contribution in [2.45, 2.75) is 45.4 Å². The molecule has 0 aromatic carbocycles. The van der Waals surface area contributed by atoms with Gasteiger partial charge in [0.1, 0.15) is 0 Å². The summed E-state index contributed by atoms with van der Waals surface area (Å²) in [6.45, 7) is 7.79. The molecule has 3 unspecified atom stereocenters. The summed E-state index contributed by atoms with van der Waals surface area (Å²) in [6.07, 6.45) is 4.27. The van der Waals surface area contributed by atoms with Crippen LogP contribution in [0.5, 0.6) is 0 Å². The van der Waals surface area contributed by atoms with E-state index in [1.165, 1.54) is 0 Å². The number of nitrogens with one attached hydrogen (secondary N) is 1. The van der Waals surface area contributed by atoms with Crippen LogP contribution in [0, 0.1) is 5.41 Å². The van der Waals surface area contributed by atoms with Gasteiger partial charge in [0.05, 0.1) is 12.2 Å². The maximum atomic E-state index is 10.1. The van der Waals surface area contributed by atoms with Crippen molar-refractivity contribution >= 4 is 0 Å². The van der Waals surface area contributed by atoms with E-state index in [9.17, 15) is 5.11 Å². The Hall–Kier alpha value is -0.970. The van der Waals surface area contributed by atoms with Crippen LogP contribution in [0.4, 0.5) is 0 Å². The van der Waals surface area contributed by atoms with Crippen LogP contribution < -0.4 is 5.32 Å². The Kier molecular flexibility index (Phi) is 4.55. The summed E-state index contributed by atoms with van der Waals surface area (Å²) >= 11 is 0. The molecule has 0 radical (unpaired) electrons. The molecule has 1 heterocycles. The summed E-state index contributed by atoms with van der Waals surface area (Å²) in [7, 11) is 0. The van der Waals surface area contributed by atoms with E-state index < -0.39 is 6.10 Å². The smallest absolute Gasteiger partial charge is 0.0915 e. The van der Waals surface area contributed by atoms with Gasteiger partial charge in [0.15, 0.2) is 0 Å². The number of hydrogen-bond acceptors (Lipinski definition) is 4. The Labute approximate surface area is 115 Å². The standard InChI is InChI=1S/C15H24N2O2/c1-4-19-14-9-13(15(14,2)3)17-10-12(18)11-5-7-16-8-6-11/h5-8,12-14,17-18H,4,9-10H2,1-3H3. The Morgan fingerprint density at radius 3 is 2.74 bits per heavy atom. The summed E-state index contributed by atoms with van der Waals surface area (Å²) < 4.78 is 5.70. The van der Waals surface area contributed by atoms with Crippen LogP contribution in [0.2, 0.25) is 0 Å². The van der Waals surface area contributed by atoms with Crippen molar-refractivity contribution in [1.29, 1.82) is 0 Å². The largest absolute Gasteiger partial charge is 0.387 e. The van der Waals surface area contributed by atoms with Crippen molar-refractivity contribution in [3.8, 4) is 0 Å². The molecule has 1 aromatic heterocycles. The van der Waals surface area contributed by atoms with Gasteiger partial charge in [0, 0.05) is 37.0 Å². The molecular weight excluding hydrogens is 240 g/mol. The third kappa shape index (κ3) is 3.14. The lowest BCUT2D eigenvalue weighted by molar-refractivity contribution is -0.115. The van der Waals surface area contributed by atoms with Crippen LogP contribution in [0.15, 0.2) is 24.5 Å². The van der Waals surface area contributed by atoms with Gasteiger partial charge in [-0.1, -0.05) is 13.8 Å². The first kappa shape index (κ1) is 14.4. The van der Waals surface area contributed by atoms with Gasteiger partial charge in [-0.15, -0.1) is 0 Å². The molecule has 4 nitrogen and oxygen atoms in total. The number of ether oxygens (including phenoxy) is 1. The molecule has 2 N–H and O–H groups in total. The van der Waals surface area contributed by atoms with Gasteiger partial charge in [0.25, 0.3) is 0 Å². The monoisotopic (exact) mass is 264 g/mol. The maximum Gasteiger partial charge on any atom is 0.0915 e. The molecule has 1 aliphatic carbocycles. The SMILES string of the molecule is CCOC1CC(NCC(O)c2ccncc2)C1(C)C. The molecular formula is C15H24N2O2. The van der Waals surface area contributed by atoms with Crippen molar-refractivity contribution in [2.24, 2.45) is 5.41 Å². The average Bonchev–Trinajstić information content (AvgIpc) is 2.42. The molecule has 0 spiro atoms. The van der Waals surface area contributed by atoms with Gasteiger partial charge >= 0.3 is 0 Å². The minimum atomic E-state index is -0.482. The highest BCUT2D eigenvalue weighted by Crippen LogP contribution is 2.42. The van der Waals surface area contributed by atoms with Crippen molar-refractivity contribution in [3.05, 3.63) is 30.1 Å². The highest BCUT2D eigenvalue weighted by molar-refractivity contribution is 5.13.